The second-order valence-corrected chi connectivity index (χ2v) is 15.3. The molecule has 0 N–H and O–H groups in total. The molecule has 0 fully saturated rings. The second kappa shape index (κ2) is 11.5. The van der Waals surface area contributed by atoms with Gasteiger partial charge in [0.15, 0.2) is 0 Å². The van der Waals surface area contributed by atoms with Crippen LogP contribution >= 0.6 is 0 Å². The van der Waals surface area contributed by atoms with Crippen molar-refractivity contribution in [2.45, 2.75) is 6.42 Å². The summed E-state index contributed by atoms with van der Waals surface area (Å²) in [7, 11) is 0. The molecule has 13 rings (SSSR count). The van der Waals surface area contributed by atoms with E-state index in [0.29, 0.717) is 0 Å². The molecule has 264 valence electrons. The van der Waals surface area contributed by atoms with Crippen molar-refractivity contribution in [1.29, 1.82) is 0 Å². The molecule has 4 heteroatoms. The van der Waals surface area contributed by atoms with E-state index in [-0.39, 0.29) is 0 Å². The smallest absolute Gasteiger partial charge is 0.145 e. The highest BCUT2D eigenvalue weighted by atomic mass is 15.1. The maximum atomic E-state index is 4.94. The molecule has 12 aromatic rings. The van der Waals surface area contributed by atoms with Gasteiger partial charge < -0.3 is 4.57 Å². The summed E-state index contributed by atoms with van der Waals surface area (Å²) in [5.74, 6) is 0.958. The fraction of sp³-hybridized carbons (Fsp3) is 0.0189. The van der Waals surface area contributed by atoms with Crippen LogP contribution in [0, 0.1) is 0 Å². The quantitative estimate of drug-likeness (QED) is 0.170. The lowest BCUT2D eigenvalue weighted by Gasteiger charge is -2.14. The van der Waals surface area contributed by atoms with Crippen molar-refractivity contribution >= 4 is 75.9 Å². The van der Waals surface area contributed by atoms with Gasteiger partial charge in [-0.05, 0) is 97.5 Å². The van der Waals surface area contributed by atoms with E-state index in [1.165, 1.54) is 92.7 Å². The summed E-state index contributed by atoms with van der Waals surface area (Å²) >= 11 is 0. The first-order valence-electron chi connectivity index (χ1n) is 19.6. The van der Waals surface area contributed by atoms with E-state index in [4.69, 9.17) is 9.97 Å². The fourth-order valence-electron chi connectivity index (χ4n) is 9.93. The number of benzene rings is 9. The molecule has 1 aliphatic carbocycles. The van der Waals surface area contributed by atoms with E-state index >= 15 is 0 Å². The van der Waals surface area contributed by atoms with E-state index < -0.39 is 0 Å². The summed E-state index contributed by atoms with van der Waals surface area (Å²) in [4.78, 5) is 9.70. The Morgan fingerprint density at radius 3 is 1.54 bits per heavy atom. The molecule has 0 spiro atoms. The molecule has 9 aromatic carbocycles. The second-order valence-electron chi connectivity index (χ2n) is 15.3. The van der Waals surface area contributed by atoms with Crippen molar-refractivity contribution < 1.29 is 0 Å². The van der Waals surface area contributed by atoms with Crippen molar-refractivity contribution in [3.63, 3.8) is 0 Å². The Labute approximate surface area is 327 Å². The van der Waals surface area contributed by atoms with Crippen LogP contribution < -0.4 is 0 Å². The predicted molar refractivity (Wildman–Crippen MR) is 237 cm³/mol. The van der Waals surface area contributed by atoms with Crippen LogP contribution in [0.5, 0.6) is 0 Å². The molecular formula is C53H32N4. The number of para-hydroxylation sites is 2. The van der Waals surface area contributed by atoms with Gasteiger partial charge in [-0.2, -0.15) is 0 Å². The average Bonchev–Trinajstić information content (AvgIpc) is 3.94. The maximum Gasteiger partial charge on any atom is 0.145 e. The van der Waals surface area contributed by atoms with Gasteiger partial charge in [-0.3, -0.25) is 4.57 Å². The summed E-state index contributed by atoms with van der Waals surface area (Å²) in [5, 5.41) is 12.6. The van der Waals surface area contributed by atoms with E-state index in [1.807, 2.05) is 0 Å². The van der Waals surface area contributed by atoms with Crippen molar-refractivity contribution in [2.24, 2.45) is 0 Å². The highest BCUT2D eigenvalue weighted by molar-refractivity contribution is 6.25. The third-order valence-corrected chi connectivity index (χ3v) is 12.4. The number of nitrogens with zero attached hydrogens (tertiary/aromatic N) is 4. The van der Waals surface area contributed by atoms with Crippen molar-refractivity contribution in [3.8, 4) is 33.9 Å². The summed E-state index contributed by atoms with van der Waals surface area (Å²) in [6.07, 6.45) is 2.55. The molecule has 57 heavy (non-hydrogen) atoms. The number of hydrogen-bond acceptors (Lipinski definition) is 2. The number of aromatic nitrogens is 4. The highest BCUT2D eigenvalue weighted by Crippen LogP contribution is 2.43. The molecular weight excluding hydrogens is 693 g/mol. The largest absolute Gasteiger partial charge is 0.309 e. The molecule has 4 nitrogen and oxygen atoms in total. The van der Waals surface area contributed by atoms with Gasteiger partial charge in [0.1, 0.15) is 12.1 Å². The fourth-order valence-corrected chi connectivity index (χ4v) is 9.93. The van der Waals surface area contributed by atoms with Gasteiger partial charge in [0.05, 0.1) is 27.8 Å². The van der Waals surface area contributed by atoms with Crippen LogP contribution in [0.2, 0.25) is 0 Å². The molecule has 0 radical (unpaired) electrons. The van der Waals surface area contributed by atoms with Gasteiger partial charge in [-0.15, -0.1) is 0 Å². The van der Waals surface area contributed by atoms with Crippen LogP contribution in [-0.4, -0.2) is 19.1 Å². The molecule has 0 amide bonds. The highest BCUT2D eigenvalue weighted by Gasteiger charge is 2.26. The van der Waals surface area contributed by atoms with Gasteiger partial charge in [0.25, 0.3) is 0 Å². The van der Waals surface area contributed by atoms with Gasteiger partial charge in [0, 0.05) is 44.8 Å². The molecule has 3 heterocycles. The van der Waals surface area contributed by atoms with E-state index in [9.17, 15) is 0 Å². The Bertz CT molecular complexity index is 3640. The molecule has 1 aliphatic rings. The molecule has 0 saturated carbocycles. The molecule has 0 bridgehead atoms. The van der Waals surface area contributed by atoms with Crippen molar-refractivity contribution in [2.75, 3.05) is 0 Å². The topological polar surface area (TPSA) is 35.6 Å². The molecule has 0 saturated heterocycles. The standard InChI is InChI=1S/C53H32N4/c1-2-12-36-34(11-1)29-47-52(36)54-31-55-53(47)57-49-20-10-8-18-43(49)46-28-33(22-26-51(46)57)32-21-25-50-45(27-32)42-17-7-9-19-48(42)56(50)35-23-24-41-39-15-4-3-13-37(39)38-14-5-6-16-40(38)44(41)30-35/h1-28,30-31H,29H2. The first kappa shape index (κ1) is 30.7. The Balaban J connectivity index is 0.987. The number of hydrogen-bond donors (Lipinski definition) is 0. The first-order valence-corrected chi connectivity index (χ1v) is 19.6. The summed E-state index contributed by atoms with van der Waals surface area (Å²) in [6, 6.07) is 64.6. The lowest BCUT2D eigenvalue weighted by atomic mass is 9.94. The minimum absolute atomic E-state index is 0.827. The van der Waals surface area contributed by atoms with Crippen LogP contribution in [0.4, 0.5) is 0 Å². The average molecular weight is 725 g/mol. The zero-order chi connectivity index (χ0) is 37.2. The molecule has 0 unspecified atom stereocenters. The van der Waals surface area contributed by atoms with Gasteiger partial charge in [0.2, 0.25) is 0 Å². The number of fused-ring (bicyclic) bond motifs is 15. The Kier molecular flexibility index (Phi) is 6.19. The third-order valence-electron chi connectivity index (χ3n) is 12.4. The van der Waals surface area contributed by atoms with Crippen molar-refractivity contribution in [3.05, 3.63) is 193 Å². The zero-order valence-corrected chi connectivity index (χ0v) is 30.8. The van der Waals surface area contributed by atoms with Crippen LogP contribution in [0.1, 0.15) is 11.1 Å². The number of rotatable bonds is 3. The van der Waals surface area contributed by atoms with Crippen LogP contribution in [0.25, 0.3) is 110 Å². The predicted octanol–water partition coefficient (Wildman–Crippen LogP) is 13.4. The summed E-state index contributed by atoms with van der Waals surface area (Å²) < 4.78 is 4.78. The van der Waals surface area contributed by atoms with Gasteiger partial charge in [-0.1, -0.05) is 127 Å². The van der Waals surface area contributed by atoms with E-state index in [0.717, 1.165) is 34.7 Å². The lowest BCUT2D eigenvalue weighted by Crippen LogP contribution is -2.03. The Hall–Kier alpha value is -7.56. The normalized spacial score (nSPS) is 12.5. The monoisotopic (exact) mass is 724 g/mol. The molecule has 3 aromatic heterocycles. The molecule has 0 atom stereocenters. The SMILES string of the molecule is c1ccc2c(c1)Cc1c-2ncnc1-n1c2ccccc2c2cc(-c3ccc4c(c3)c3ccccc3n4-c3ccc4c5ccccc5c5ccccc5c4c3)ccc21. The van der Waals surface area contributed by atoms with Crippen LogP contribution in [0.3, 0.4) is 0 Å². The van der Waals surface area contributed by atoms with Crippen molar-refractivity contribution in [1.82, 2.24) is 19.1 Å². The lowest BCUT2D eigenvalue weighted by molar-refractivity contribution is 1.00. The minimum Gasteiger partial charge on any atom is -0.309 e. The summed E-state index contributed by atoms with van der Waals surface area (Å²) in [6.45, 7) is 0. The first-order chi connectivity index (χ1) is 28.3. The maximum absolute atomic E-state index is 4.94. The Morgan fingerprint density at radius 1 is 0.368 bits per heavy atom. The van der Waals surface area contributed by atoms with Crippen LogP contribution in [-0.2, 0) is 6.42 Å². The van der Waals surface area contributed by atoms with Gasteiger partial charge in [-0.25, -0.2) is 9.97 Å². The summed E-state index contributed by atoms with van der Waals surface area (Å²) in [5.41, 5.74) is 13.0. The minimum atomic E-state index is 0.827. The van der Waals surface area contributed by atoms with Gasteiger partial charge >= 0.3 is 0 Å². The zero-order valence-electron chi connectivity index (χ0n) is 30.8. The van der Waals surface area contributed by atoms with E-state index in [1.54, 1.807) is 6.33 Å². The molecule has 0 aliphatic heterocycles. The van der Waals surface area contributed by atoms with Crippen LogP contribution in [0.15, 0.2) is 182 Å². The van der Waals surface area contributed by atoms with E-state index in [2.05, 4.69) is 185 Å². The third kappa shape index (κ3) is 4.27. The Morgan fingerprint density at radius 2 is 0.877 bits per heavy atom.